The molecule has 1 saturated carbocycles. The van der Waals surface area contributed by atoms with Gasteiger partial charge in [0.15, 0.2) is 0 Å². The third-order valence-corrected chi connectivity index (χ3v) is 3.91. The molecule has 1 aliphatic carbocycles. The molecule has 3 rings (SSSR count). The largest absolute Gasteiger partial charge is 0.416 e. The van der Waals surface area contributed by atoms with E-state index in [4.69, 9.17) is 0 Å². The Bertz CT molecular complexity index is 614. The van der Waals surface area contributed by atoms with Gasteiger partial charge < -0.3 is 5.32 Å². The van der Waals surface area contributed by atoms with Gasteiger partial charge in [-0.1, -0.05) is 12.8 Å². The molecule has 118 valence electrons. The van der Waals surface area contributed by atoms with E-state index in [9.17, 15) is 22.8 Å². The van der Waals surface area contributed by atoms with Crippen LogP contribution in [0.4, 0.5) is 18.0 Å². The van der Waals surface area contributed by atoms with Crippen LogP contribution in [-0.4, -0.2) is 27.9 Å². The molecule has 8 heteroatoms. The molecule has 0 spiro atoms. The van der Waals surface area contributed by atoms with Crippen LogP contribution >= 0.6 is 0 Å². The molecule has 1 atom stereocenters. The number of carbonyl (C=O) groups excluding carboxylic acids is 2. The first-order chi connectivity index (χ1) is 10.4. The van der Waals surface area contributed by atoms with Crippen molar-refractivity contribution < 1.29 is 22.8 Å². The number of aromatic nitrogens is 1. The van der Waals surface area contributed by atoms with Gasteiger partial charge in [-0.2, -0.15) is 13.2 Å². The van der Waals surface area contributed by atoms with Crippen molar-refractivity contribution in [3.05, 3.63) is 29.6 Å². The lowest BCUT2D eigenvalue weighted by atomic mass is 10.1. The van der Waals surface area contributed by atoms with E-state index in [0.29, 0.717) is 12.3 Å². The summed E-state index contributed by atoms with van der Waals surface area (Å²) in [4.78, 5) is 28.5. The van der Waals surface area contributed by atoms with Gasteiger partial charge in [-0.15, -0.1) is 0 Å². The zero-order valence-corrected chi connectivity index (χ0v) is 11.6. The number of urea groups is 1. The van der Waals surface area contributed by atoms with E-state index in [1.807, 2.05) is 0 Å². The minimum Gasteiger partial charge on any atom is -0.326 e. The molecule has 2 heterocycles. The summed E-state index contributed by atoms with van der Waals surface area (Å²) in [5.41, 5.74) is -1.07. The molecule has 0 bridgehead atoms. The average molecular weight is 313 g/mol. The highest BCUT2D eigenvalue weighted by atomic mass is 19.4. The molecule has 0 radical (unpaired) electrons. The molecule has 2 aliphatic rings. The summed E-state index contributed by atoms with van der Waals surface area (Å²) in [5.74, 6) is -0.0350. The van der Waals surface area contributed by atoms with Crippen LogP contribution in [0.25, 0.3) is 0 Å². The van der Waals surface area contributed by atoms with Gasteiger partial charge in [0.25, 0.3) is 5.91 Å². The van der Waals surface area contributed by atoms with Crippen molar-refractivity contribution in [2.24, 2.45) is 5.92 Å². The van der Waals surface area contributed by atoms with Crippen molar-refractivity contribution in [3.8, 4) is 0 Å². The molecule has 1 unspecified atom stereocenters. The SMILES string of the molecule is O=C1NC(CC2CC2)C(=O)N1Cc1cnccc1C(F)(F)F. The summed E-state index contributed by atoms with van der Waals surface area (Å²) in [5, 5.41) is 2.54. The Kier molecular flexibility index (Phi) is 3.54. The van der Waals surface area contributed by atoms with E-state index in [-0.39, 0.29) is 5.56 Å². The van der Waals surface area contributed by atoms with Crippen LogP contribution in [0.3, 0.4) is 0 Å². The molecule has 1 saturated heterocycles. The Labute approximate surface area is 124 Å². The summed E-state index contributed by atoms with van der Waals surface area (Å²) in [6, 6.07) is -0.422. The molecular formula is C14H14F3N3O2. The Morgan fingerprint density at radius 2 is 2.05 bits per heavy atom. The Balaban J connectivity index is 1.78. The lowest BCUT2D eigenvalue weighted by molar-refractivity contribution is -0.139. The van der Waals surface area contributed by atoms with Gasteiger partial charge in [-0.3, -0.25) is 14.7 Å². The highest BCUT2D eigenvalue weighted by Gasteiger charge is 2.42. The fourth-order valence-electron chi connectivity index (χ4n) is 2.57. The monoisotopic (exact) mass is 313 g/mol. The van der Waals surface area contributed by atoms with E-state index in [1.54, 1.807) is 0 Å². The van der Waals surface area contributed by atoms with Crippen LogP contribution in [0.2, 0.25) is 0 Å². The second-order valence-corrected chi connectivity index (χ2v) is 5.64. The number of rotatable bonds is 4. The number of pyridine rings is 1. The number of hydrogen-bond donors (Lipinski definition) is 1. The summed E-state index contributed by atoms with van der Waals surface area (Å²) in [6.45, 7) is -0.422. The van der Waals surface area contributed by atoms with Gasteiger partial charge in [0.05, 0.1) is 12.1 Å². The fourth-order valence-corrected chi connectivity index (χ4v) is 2.57. The van der Waals surface area contributed by atoms with Gasteiger partial charge in [0.2, 0.25) is 0 Å². The molecule has 1 aliphatic heterocycles. The van der Waals surface area contributed by atoms with Crippen LogP contribution in [0, 0.1) is 5.92 Å². The number of nitrogens with zero attached hydrogens (tertiary/aromatic N) is 2. The Hall–Kier alpha value is -2.12. The normalized spacial score (nSPS) is 22.1. The quantitative estimate of drug-likeness (QED) is 0.868. The predicted octanol–water partition coefficient (Wildman–Crippen LogP) is 2.32. The summed E-state index contributed by atoms with van der Waals surface area (Å²) < 4.78 is 38.8. The second-order valence-electron chi connectivity index (χ2n) is 5.64. The van der Waals surface area contributed by atoms with E-state index < -0.39 is 36.3 Å². The molecule has 22 heavy (non-hydrogen) atoms. The number of hydrogen-bond acceptors (Lipinski definition) is 3. The molecule has 2 fully saturated rings. The van der Waals surface area contributed by atoms with Crippen molar-refractivity contribution >= 4 is 11.9 Å². The zero-order valence-electron chi connectivity index (χ0n) is 11.6. The molecule has 0 aromatic carbocycles. The van der Waals surface area contributed by atoms with Gasteiger partial charge in [0, 0.05) is 18.0 Å². The van der Waals surface area contributed by atoms with Gasteiger partial charge in [0.1, 0.15) is 6.04 Å². The lowest BCUT2D eigenvalue weighted by Gasteiger charge is -2.17. The number of alkyl halides is 3. The molecule has 1 aromatic rings. The molecule has 3 amide bonds. The van der Waals surface area contributed by atoms with E-state index in [0.717, 1.165) is 36.2 Å². The van der Waals surface area contributed by atoms with Crippen LogP contribution in [0.15, 0.2) is 18.5 Å². The van der Waals surface area contributed by atoms with Crippen molar-refractivity contribution in [2.75, 3.05) is 0 Å². The van der Waals surface area contributed by atoms with Crippen molar-refractivity contribution in [1.29, 1.82) is 0 Å². The van der Waals surface area contributed by atoms with E-state index in [1.165, 1.54) is 0 Å². The first kappa shape index (κ1) is 14.8. The van der Waals surface area contributed by atoms with Crippen molar-refractivity contribution in [2.45, 2.75) is 38.0 Å². The van der Waals surface area contributed by atoms with Gasteiger partial charge in [-0.25, -0.2) is 4.79 Å². The minimum absolute atomic E-state index is 0.189. The molecule has 1 N–H and O–H groups in total. The third kappa shape index (κ3) is 2.90. The highest BCUT2D eigenvalue weighted by molar-refractivity contribution is 6.04. The number of amides is 3. The smallest absolute Gasteiger partial charge is 0.326 e. The fraction of sp³-hybridized carbons (Fsp3) is 0.500. The summed E-state index contributed by atoms with van der Waals surface area (Å²) >= 11 is 0. The standard InChI is InChI=1S/C14H14F3N3O2/c15-14(16,17)10-3-4-18-6-9(10)7-20-12(21)11(19-13(20)22)5-8-1-2-8/h3-4,6,8,11H,1-2,5,7H2,(H,19,22). The van der Waals surface area contributed by atoms with E-state index in [2.05, 4.69) is 10.3 Å². The zero-order chi connectivity index (χ0) is 15.9. The Morgan fingerprint density at radius 1 is 1.32 bits per heavy atom. The first-order valence-electron chi connectivity index (χ1n) is 6.98. The highest BCUT2D eigenvalue weighted by Crippen LogP contribution is 2.35. The number of imide groups is 1. The Morgan fingerprint density at radius 3 is 2.68 bits per heavy atom. The molecular weight excluding hydrogens is 299 g/mol. The summed E-state index contributed by atoms with van der Waals surface area (Å²) in [7, 11) is 0. The number of halogens is 3. The van der Waals surface area contributed by atoms with Crippen LogP contribution in [-0.2, 0) is 17.5 Å². The van der Waals surface area contributed by atoms with Gasteiger partial charge >= 0.3 is 12.2 Å². The van der Waals surface area contributed by atoms with Crippen LogP contribution in [0.5, 0.6) is 0 Å². The topological polar surface area (TPSA) is 62.3 Å². The second kappa shape index (κ2) is 5.26. The van der Waals surface area contributed by atoms with Crippen molar-refractivity contribution in [1.82, 2.24) is 15.2 Å². The van der Waals surface area contributed by atoms with Crippen molar-refractivity contribution in [3.63, 3.8) is 0 Å². The molecule has 1 aromatic heterocycles. The average Bonchev–Trinajstić information content (AvgIpc) is 3.22. The lowest BCUT2D eigenvalue weighted by Crippen LogP contribution is -2.32. The maximum Gasteiger partial charge on any atom is 0.416 e. The minimum atomic E-state index is -4.55. The summed E-state index contributed by atoms with van der Waals surface area (Å²) in [6.07, 6.45) is 0.137. The van der Waals surface area contributed by atoms with E-state index >= 15 is 0 Å². The third-order valence-electron chi connectivity index (χ3n) is 3.91. The number of carbonyl (C=O) groups is 2. The van der Waals surface area contributed by atoms with Gasteiger partial charge in [-0.05, 0) is 18.4 Å². The maximum absolute atomic E-state index is 12.9. The van der Waals surface area contributed by atoms with Crippen LogP contribution in [0.1, 0.15) is 30.4 Å². The number of nitrogens with one attached hydrogen (secondary N) is 1. The maximum atomic E-state index is 12.9. The first-order valence-corrected chi connectivity index (χ1v) is 6.98. The van der Waals surface area contributed by atoms with Crippen LogP contribution < -0.4 is 5.32 Å². The predicted molar refractivity (Wildman–Crippen MR) is 69.4 cm³/mol. The molecule has 5 nitrogen and oxygen atoms in total.